The Kier molecular flexibility index (Phi) is 6.10. The van der Waals surface area contributed by atoms with E-state index in [1.807, 2.05) is 20.8 Å². The minimum Gasteiger partial charge on any atom is -0.345 e. The number of hydrogen-bond acceptors (Lipinski definition) is 5. The number of nitrogens with one attached hydrogen (secondary N) is 3. The summed E-state index contributed by atoms with van der Waals surface area (Å²) < 4.78 is 0. The van der Waals surface area contributed by atoms with E-state index in [2.05, 4.69) is 20.9 Å². The molecule has 1 heterocycles. The molecule has 0 radical (unpaired) electrons. The highest BCUT2D eigenvalue weighted by molar-refractivity contribution is 7.11. The minimum atomic E-state index is -0.304. The molecule has 8 heteroatoms. The number of thiazole rings is 1. The lowest BCUT2D eigenvalue weighted by atomic mass is 10.1. The lowest BCUT2D eigenvalue weighted by Crippen LogP contribution is -2.27. The van der Waals surface area contributed by atoms with Crippen molar-refractivity contribution >= 4 is 40.4 Å². The Labute approximate surface area is 156 Å². The van der Waals surface area contributed by atoms with Gasteiger partial charge in [-0.3, -0.25) is 14.4 Å². The largest absolute Gasteiger partial charge is 0.345 e. The van der Waals surface area contributed by atoms with Gasteiger partial charge in [0.05, 0.1) is 16.7 Å². The van der Waals surface area contributed by atoms with Crippen molar-refractivity contribution in [1.29, 1.82) is 0 Å². The Balaban J connectivity index is 2.27. The van der Waals surface area contributed by atoms with Gasteiger partial charge in [0, 0.05) is 35.7 Å². The first kappa shape index (κ1) is 19.6. The number of aromatic nitrogens is 1. The lowest BCUT2D eigenvalue weighted by molar-refractivity contribution is -0.115. The first-order valence-electron chi connectivity index (χ1n) is 8.10. The van der Waals surface area contributed by atoms with Crippen LogP contribution in [0.4, 0.5) is 11.4 Å². The van der Waals surface area contributed by atoms with Gasteiger partial charge >= 0.3 is 0 Å². The normalized spacial score (nSPS) is 11.6. The van der Waals surface area contributed by atoms with Crippen LogP contribution in [0.2, 0.25) is 0 Å². The average molecular weight is 374 g/mol. The summed E-state index contributed by atoms with van der Waals surface area (Å²) in [5.74, 6) is -0.831. The molecule has 3 N–H and O–H groups in total. The molecule has 0 aliphatic heterocycles. The summed E-state index contributed by atoms with van der Waals surface area (Å²) in [5.41, 5.74) is 2.11. The zero-order valence-electron chi connectivity index (χ0n) is 15.4. The summed E-state index contributed by atoms with van der Waals surface area (Å²) in [7, 11) is 0. The summed E-state index contributed by atoms with van der Waals surface area (Å²) in [6.45, 7) is 8.48. The fourth-order valence-electron chi connectivity index (χ4n) is 2.60. The average Bonchev–Trinajstić information content (AvgIpc) is 2.84. The quantitative estimate of drug-likeness (QED) is 0.748. The van der Waals surface area contributed by atoms with Gasteiger partial charge < -0.3 is 16.0 Å². The van der Waals surface area contributed by atoms with Gasteiger partial charge in [-0.25, -0.2) is 4.98 Å². The standard InChI is InChI=1S/C18H22N4O3S/c1-9-17(26-13(5)19-9)10(2)20-18(25)14-6-15(21-11(3)23)8-16(7-14)22-12(4)24/h6-8,10H,1-5H3,(H,20,25)(H,21,23)(H,22,24)/t10-/m0/s1. The molecule has 0 aliphatic carbocycles. The molecule has 2 rings (SSSR count). The van der Waals surface area contributed by atoms with Gasteiger partial charge in [-0.1, -0.05) is 0 Å². The zero-order valence-corrected chi connectivity index (χ0v) is 16.2. The monoisotopic (exact) mass is 374 g/mol. The van der Waals surface area contributed by atoms with E-state index < -0.39 is 0 Å². The van der Waals surface area contributed by atoms with E-state index in [-0.39, 0.29) is 23.8 Å². The Hall–Kier alpha value is -2.74. The summed E-state index contributed by atoms with van der Waals surface area (Å²) in [6, 6.07) is 4.53. The Morgan fingerprint density at radius 3 is 1.96 bits per heavy atom. The molecule has 26 heavy (non-hydrogen) atoms. The molecule has 0 spiro atoms. The van der Waals surface area contributed by atoms with Crippen LogP contribution in [0.1, 0.15) is 52.7 Å². The highest BCUT2D eigenvalue weighted by Gasteiger charge is 2.17. The van der Waals surface area contributed by atoms with E-state index in [4.69, 9.17) is 0 Å². The fraction of sp³-hybridized carbons (Fsp3) is 0.333. The molecule has 0 fully saturated rings. The van der Waals surface area contributed by atoms with Crippen LogP contribution < -0.4 is 16.0 Å². The van der Waals surface area contributed by atoms with E-state index >= 15 is 0 Å². The minimum absolute atomic E-state index is 0.206. The van der Waals surface area contributed by atoms with Gasteiger partial charge in [-0.05, 0) is 39.0 Å². The van der Waals surface area contributed by atoms with Crippen molar-refractivity contribution in [2.75, 3.05) is 10.6 Å². The van der Waals surface area contributed by atoms with Crippen LogP contribution in [-0.2, 0) is 9.59 Å². The van der Waals surface area contributed by atoms with Crippen molar-refractivity contribution < 1.29 is 14.4 Å². The van der Waals surface area contributed by atoms with E-state index in [1.54, 1.807) is 29.5 Å². The first-order valence-corrected chi connectivity index (χ1v) is 8.92. The van der Waals surface area contributed by atoms with E-state index in [0.717, 1.165) is 15.6 Å². The van der Waals surface area contributed by atoms with Gasteiger partial charge in [0.1, 0.15) is 0 Å². The summed E-state index contributed by atoms with van der Waals surface area (Å²) >= 11 is 1.54. The molecule has 7 nitrogen and oxygen atoms in total. The first-order chi connectivity index (χ1) is 12.2. The number of carbonyl (C=O) groups excluding carboxylic acids is 3. The smallest absolute Gasteiger partial charge is 0.251 e. The Morgan fingerprint density at radius 1 is 1.00 bits per heavy atom. The van der Waals surface area contributed by atoms with Crippen molar-refractivity contribution in [3.63, 3.8) is 0 Å². The highest BCUT2D eigenvalue weighted by Crippen LogP contribution is 2.25. The van der Waals surface area contributed by atoms with Crippen LogP contribution in [0.25, 0.3) is 0 Å². The van der Waals surface area contributed by atoms with Crippen LogP contribution in [0.15, 0.2) is 18.2 Å². The van der Waals surface area contributed by atoms with Crippen molar-refractivity contribution in [3.05, 3.63) is 39.3 Å². The SMILES string of the molecule is CC(=O)Nc1cc(NC(C)=O)cc(C(=O)N[C@@H](C)c2sc(C)nc2C)c1. The van der Waals surface area contributed by atoms with Crippen molar-refractivity contribution in [2.24, 2.45) is 0 Å². The van der Waals surface area contributed by atoms with Crippen LogP contribution in [0, 0.1) is 13.8 Å². The molecular formula is C18H22N4O3S. The third-order valence-corrected chi connectivity index (χ3v) is 4.77. The summed E-state index contributed by atoms with van der Waals surface area (Å²) in [6.07, 6.45) is 0. The second kappa shape index (κ2) is 8.09. The second-order valence-electron chi connectivity index (χ2n) is 6.04. The van der Waals surface area contributed by atoms with Gasteiger partial charge in [0.2, 0.25) is 11.8 Å². The number of anilines is 2. The number of amides is 3. The number of hydrogen-bond donors (Lipinski definition) is 3. The fourth-order valence-corrected chi connectivity index (χ4v) is 3.53. The molecule has 138 valence electrons. The van der Waals surface area contributed by atoms with Gasteiger partial charge in [0.15, 0.2) is 0 Å². The van der Waals surface area contributed by atoms with Crippen LogP contribution in [0.3, 0.4) is 0 Å². The molecule has 2 aromatic rings. The molecule has 0 saturated carbocycles. The van der Waals surface area contributed by atoms with Crippen LogP contribution in [0.5, 0.6) is 0 Å². The summed E-state index contributed by atoms with van der Waals surface area (Å²) in [5, 5.41) is 9.14. The molecule has 3 amide bonds. The predicted octanol–water partition coefficient (Wildman–Crippen LogP) is 3.17. The molecule has 0 unspecified atom stereocenters. The zero-order chi connectivity index (χ0) is 19.4. The lowest BCUT2D eigenvalue weighted by Gasteiger charge is -2.15. The van der Waals surface area contributed by atoms with Gasteiger partial charge in [-0.15, -0.1) is 11.3 Å². The number of nitrogens with zero attached hydrogens (tertiary/aromatic N) is 1. The third kappa shape index (κ3) is 5.13. The van der Waals surface area contributed by atoms with Crippen LogP contribution >= 0.6 is 11.3 Å². The maximum absolute atomic E-state index is 12.7. The topological polar surface area (TPSA) is 100 Å². The molecule has 1 aromatic carbocycles. The summed E-state index contributed by atoms with van der Waals surface area (Å²) in [4.78, 5) is 40.7. The number of rotatable bonds is 5. The molecule has 0 bridgehead atoms. The van der Waals surface area contributed by atoms with Crippen LogP contribution in [-0.4, -0.2) is 22.7 Å². The molecule has 0 aliphatic rings. The number of carbonyl (C=O) groups is 3. The van der Waals surface area contributed by atoms with Gasteiger partial charge in [-0.2, -0.15) is 0 Å². The maximum atomic E-state index is 12.7. The number of aryl methyl sites for hydroxylation is 2. The number of benzene rings is 1. The third-order valence-electron chi connectivity index (χ3n) is 3.52. The van der Waals surface area contributed by atoms with E-state index in [0.29, 0.717) is 16.9 Å². The van der Waals surface area contributed by atoms with Gasteiger partial charge in [0.25, 0.3) is 5.91 Å². The molecular weight excluding hydrogens is 352 g/mol. The van der Waals surface area contributed by atoms with E-state index in [1.165, 1.54) is 13.8 Å². The highest BCUT2D eigenvalue weighted by atomic mass is 32.1. The Morgan fingerprint density at radius 2 is 1.54 bits per heavy atom. The van der Waals surface area contributed by atoms with E-state index in [9.17, 15) is 14.4 Å². The maximum Gasteiger partial charge on any atom is 0.251 e. The van der Waals surface area contributed by atoms with Crippen molar-refractivity contribution in [2.45, 2.75) is 40.7 Å². The predicted molar refractivity (Wildman–Crippen MR) is 103 cm³/mol. The second-order valence-corrected chi connectivity index (χ2v) is 7.27. The van der Waals surface area contributed by atoms with Crippen molar-refractivity contribution in [3.8, 4) is 0 Å². The molecule has 1 aromatic heterocycles. The molecule has 0 saturated heterocycles. The Bertz CT molecular complexity index is 826. The van der Waals surface area contributed by atoms with Crippen molar-refractivity contribution in [1.82, 2.24) is 10.3 Å². The molecule has 1 atom stereocenters.